The molecule has 0 saturated heterocycles. The highest BCUT2D eigenvalue weighted by Gasteiger charge is 2.30. The zero-order chi connectivity index (χ0) is 22.1. The Kier molecular flexibility index (Phi) is 6.17. The van der Waals surface area contributed by atoms with Crippen LogP contribution in [0.2, 0.25) is 5.15 Å². The summed E-state index contributed by atoms with van der Waals surface area (Å²) in [5, 5.41) is 4.59. The van der Waals surface area contributed by atoms with E-state index in [1.54, 1.807) is 10.6 Å². The number of nitrogens with zero attached hydrogens (tertiary/aromatic N) is 4. The third-order valence-corrected chi connectivity index (χ3v) is 4.73. The van der Waals surface area contributed by atoms with Crippen LogP contribution in [-0.4, -0.2) is 37.9 Å². The van der Waals surface area contributed by atoms with Gasteiger partial charge in [-0.3, -0.25) is 0 Å². The highest BCUT2D eigenvalue weighted by atomic mass is 35.5. The highest BCUT2D eigenvalue weighted by Crippen LogP contribution is 2.29. The molecule has 0 aliphatic carbocycles. The fraction of sp³-hybridized carbons (Fsp3) is 0.429. The Bertz CT molecular complexity index is 1080. The van der Waals surface area contributed by atoms with Gasteiger partial charge in [-0.25, -0.2) is 19.3 Å². The third kappa shape index (κ3) is 4.99. The van der Waals surface area contributed by atoms with Crippen molar-refractivity contribution in [3.63, 3.8) is 0 Å². The second-order valence-electron chi connectivity index (χ2n) is 8.07. The fourth-order valence-corrected chi connectivity index (χ4v) is 3.76. The van der Waals surface area contributed by atoms with E-state index in [-0.39, 0.29) is 6.61 Å². The van der Waals surface area contributed by atoms with Crippen LogP contribution in [0.15, 0.2) is 24.4 Å². The summed E-state index contributed by atoms with van der Waals surface area (Å²) in [6, 6.07) is 5.41. The number of carbonyl (C=O) groups is 1. The van der Waals surface area contributed by atoms with Crippen LogP contribution >= 0.6 is 11.6 Å². The second kappa shape index (κ2) is 8.47. The normalized spacial score (nSPS) is 13.4. The Morgan fingerprint density at radius 1 is 1.30 bits per heavy atom. The van der Waals surface area contributed by atoms with Gasteiger partial charge in [0, 0.05) is 5.56 Å². The van der Waals surface area contributed by atoms with Crippen LogP contribution in [0.4, 0.5) is 4.79 Å². The Morgan fingerprint density at radius 2 is 2.03 bits per heavy atom. The Labute approximate surface area is 180 Å². The lowest BCUT2D eigenvalue weighted by molar-refractivity contribution is -0.0188. The van der Waals surface area contributed by atoms with Crippen molar-refractivity contribution in [3.8, 4) is 17.0 Å². The number of imidazole rings is 1. The van der Waals surface area contributed by atoms with Crippen molar-refractivity contribution in [2.45, 2.75) is 46.6 Å². The molecule has 1 amide bonds. The average Bonchev–Trinajstić information content (AvgIpc) is 2.98. The maximum Gasteiger partial charge on any atom is 0.405 e. The van der Waals surface area contributed by atoms with Gasteiger partial charge < -0.3 is 15.2 Å². The van der Waals surface area contributed by atoms with Crippen LogP contribution in [0.1, 0.15) is 38.6 Å². The van der Waals surface area contributed by atoms with E-state index in [1.807, 2.05) is 52.9 Å². The van der Waals surface area contributed by atoms with Gasteiger partial charge in [-0.2, -0.15) is 5.10 Å². The molecule has 8 nitrogen and oxygen atoms in total. The number of pyridine rings is 1. The van der Waals surface area contributed by atoms with Gasteiger partial charge in [0.05, 0.1) is 23.3 Å². The average molecular weight is 432 g/mol. The fourth-order valence-electron chi connectivity index (χ4n) is 3.57. The van der Waals surface area contributed by atoms with E-state index in [1.165, 1.54) is 0 Å². The molecule has 1 atom stereocenters. The van der Waals surface area contributed by atoms with Crippen molar-refractivity contribution in [2.75, 3.05) is 6.61 Å². The first-order chi connectivity index (χ1) is 14.1. The molecule has 0 aliphatic heterocycles. The molecule has 3 aromatic heterocycles. The van der Waals surface area contributed by atoms with Gasteiger partial charge >= 0.3 is 6.09 Å². The molecule has 9 heteroatoms. The zero-order valence-electron chi connectivity index (χ0n) is 17.8. The number of rotatable bonds is 7. The quantitative estimate of drug-likeness (QED) is 0.596. The molecule has 0 saturated carbocycles. The molecule has 30 heavy (non-hydrogen) atoms. The summed E-state index contributed by atoms with van der Waals surface area (Å²) in [5.41, 5.74) is 8.10. The smallest absolute Gasteiger partial charge is 0.405 e. The van der Waals surface area contributed by atoms with Crippen molar-refractivity contribution >= 4 is 23.3 Å². The summed E-state index contributed by atoms with van der Waals surface area (Å²) in [4.78, 5) is 20.5. The van der Waals surface area contributed by atoms with E-state index >= 15 is 0 Å². The molecule has 0 spiro atoms. The number of aromatic nitrogens is 4. The van der Waals surface area contributed by atoms with Gasteiger partial charge in [-0.1, -0.05) is 25.4 Å². The lowest BCUT2D eigenvalue weighted by Gasteiger charge is -2.30. The molecule has 3 heterocycles. The topological polar surface area (TPSA) is 105 Å². The maximum absolute atomic E-state index is 11.3. The molecule has 0 bridgehead atoms. The van der Waals surface area contributed by atoms with Crippen LogP contribution in [-0.2, 0) is 4.74 Å². The Morgan fingerprint density at radius 3 is 2.67 bits per heavy atom. The first kappa shape index (κ1) is 21.8. The van der Waals surface area contributed by atoms with Gasteiger partial charge in [0.15, 0.2) is 10.8 Å². The largest absolute Gasteiger partial charge is 0.488 e. The predicted molar refractivity (Wildman–Crippen MR) is 115 cm³/mol. The van der Waals surface area contributed by atoms with E-state index in [9.17, 15) is 4.79 Å². The van der Waals surface area contributed by atoms with Crippen LogP contribution in [0.5, 0.6) is 5.75 Å². The third-order valence-electron chi connectivity index (χ3n) is 4.55. The Balaban J connectivity index is 1.86. The summed E-state index contributed by atoms with van der Waals surface area (Å²) in [5.74, 6) is 0.897. The minimum absolute atomic E-state index is 0.167. The van der Waals surface area contributed by atoms with Gasteiger partial charge in [0.1, 0.15) is 18.0 Å². The van der Waals surface area contributed by atoms with Gasteiger partial charge in [0.2, 0.25) is 0 Å². The lowest BCUT2D eigenvalue weighted by atomic mass is 9.95. The molecule has 1 unspecified atom stereocenters. The van der Waals surface area contributed by atoms with E-state index in [4.69, 9.17) is 26.8 Å². The number of halogens is 1. The van der Waals surface area contributed by atoms with Crippen molar-refractivity contribution < 1.29 is 14.3 Å². The van der Waals surface area contributed by atoms with Crippen molar-refractivity contribution in [1.29, 1.82) is 0 Å². The number of primary amides is 1. The molecule has 160 valence electrons. The Hall–Kier alpha value is -2.87. The standard InChI is InChI=1S/C21H26ClN5O3/c1-12(2)9-21(5,30-20(23)28)11-29-17-7-6-16(25-14(17)4)15-8-18(22)26-27-10-13(3)24-19(15)27/h6-8,10,12H,9,11H2,1-5H3,(H2,23,28). The minimum atomic E-state index is -0.830. The van der Waals surface area contributed by atoms with E-state index in [2.05, 4.69) is 15.1 Å². The van der Waals surface area contributed by atoms with E-state index < -0.39 is 11.7 Å². The summed E-state index contributed by atoms with van der Waals surface area (Å²) < 4.78 is 12.9. The SMILES string of the molecule is Cc1cn2nc(Cl)cc(-c3ccc(OCC(C)(CC(C)C)OC(N)=O)c(C)n3)c2n1. The molecular formula is C21H26ClN5O3. The van der Waals surface area contributed by atoms with E-state index in [0.29, 0.717) is 40.3 Å². The number of ether oxygens (including phenoxy) is 2. The number of aryl methyl sites for hydroxylation is 2. The molecule has 2 N–H and O–H groups in total. The summed E-state index contributed by atoms with van der Waals surface area (Å²) in [6.45, 7) is 9.81. The number of amides is 1. The number of hydrogen-bond acceptors (Lipinski definition) is 6. The maximum atomic E-state index is 11.3. The molecular weight excluding hydrogens is 406 g/mol. The van der Waals surface area contributed by atoms with Crippen LogP contribution < -0.4 is 10.5 Å². The molecule has 0 aliphatic rings. The van der Waals surface area contributed by atoms with Crippen LogP contribution in [0, 0.1) is 19.8 Å². The summed E-state index contributed by atoms with van der Waals surface area (Å²) in [7, 11) is 0. The molecule has 3 rings (SSSR count). The minimum Gasteiger partial charge on any atom is -0.488 e. The van der Waals surface area contributed by atoms with Gasteiger partial charge in [0.25, 0.3) is 0 Å². The summed E-state index contributed by atoms with van der Waals surface area (Å²) in [6.07, 6.45) is 1.61. The van der Waals surface area contributed by atoms with Crippen LogP contribution in [0.25, 0.3) is 16.9 Å². The highest BCUT2D eigenvalue weighted by molar-refractivity contribution is 6.29. The first-order valence-electron chi connectivity index (χ1n) is 9.68. The van der Waals surface area contributed by atoms with Gasteiger partial charge in [-0.05, 0) is 51.3 Å². The molecule has 3 aromatic rings. The molecule has 0 radical (unpaired) electrons. The van der Waals surface area contributed by atoms with Crippen molar-refractivity contribution in [1.82, 2.24) is 19.6 Å². The molecule has 0 fully saturated rings. The lowest BCUT2D eigenvalue weighted by Crippen LogP contribution is -2.41. The predicted octanol–water partition coefficient (Wildman–Crippen LogP) is 4.34. The van der Waals surface area contributed by atoms with E-state index in [0.717, 1.165) is 11.3 Å². The molecule has 0 aromatic carbocycles. The van der Waals surface area contributed by atoms with Gasteiger partial charge in [-0.15, -0.1) is 0 Å². The monoisotopic (exact) mass is 431 g/mol. The zero-order valence-corrected chi connectivity index (χ0v) is 18.5. The second-order valence-corrected chi connectivity index (χ2v) is 8.46. The number of carbonyl (C=O) groups excluding carboxylic acids is 1. The van der Waals surface area contributed by atoms with Crippen molar-refractivity contribution in [3.05, 3.63) is 40.9 Å². The van der Waals surface area contributed by atoms with Crippen molar-refractivity contribution in [2.24, 2.45) is 11.7 Å². The van der Waals surface area contributed by atoms with Crippen LogP contribution in [0.3, 0.4) is 0 Å². The number of nitrogens with two attached hydrogens (primary N) is 1. The number of fused-ring (bicyclic) bond motifs is 1. The summed E-state index contributed by atoms with van der Waals surface area (Å²) >= 11 is 6.17. The first-order valence-corrected chi connectivity index (χ1v) is 10.1. The number of hydrogen-bond donors (Lipinski definition) is 1.